The fourth-order valence-corrected chi connectivity index (χ4v) is 2.78. The van der Waals surface area contributed by atoms with E-state index in [2.05, 4.69) is 22.3 Å². The summed E-state index contributed by atoms with van der Waals surface area (Å²) in [6.45, 7) is 3.74. The van der Waals surface area contributed by atoms with Crippen LogP contribution in [0.25, 0.3) is 0 Å². The number of alkyl halides is 3. The Hall–Kier alpha value is -3.73. The zero-order valence-corrected chi connectivity index (χ0v) is 16.8. The predicted molar refractivity (Wildman–Crippen MR) is 107 cm³/mol. The van der Waals surface area contributed by atoms with Crippen LogP contribution in [0.4, 0.5) is 13.2 Å². The van der Waals surface area contributed by atoms with Crippen LogP contribution in [0.1, 0.15) is 38.5 Å². The van der Waals surface area contributed by atoms with Crippen molar-refractivity contribution in [1.82, 2.24) is 10.5 Å². The normalized spacial score (nSPS) is 10.9. The van der Waals surface area contributed by atoms with Crippen molar-refractivity contribution in [2.45, 2.75) is 26.6 Å². The van der Waals surface area contributed by atoms with Gasteiger partial charge in [0.15, 0.2) is 0 Å². The van der Waals surface area contributed by atoms with E-state index in [9.17, 15) is 18.0 Å². The Kier molecular flexibility index (Phi) is 6.65. The highest BCUT2D eigenvalue weighted by atomic mass is 19.4. The lowest BCUT2D eigenvalue weighted by Gasteiger charge is -2.10. The molecule has 0 unspecified atom stereocenters. The summed E-state index contributed by atoms with van der Waals surface area (Å²) < 4.78 is 49.2. The van der Waals surface area contributed by atoms with Crippen molar-refractivity contribution >= 4 is 5.91 Å². The zero-order valence-electron chi connectivity index (χ0n) is 16.8. The molecule has 0 radical (unpaired) electrons. The first-order valence-corrected chi connectivity index (χ1v) is 9.33. The van der Waals surface area contributed by atoms with Crippen molar-refractivity contribution in [3.63, 3.8) is 0 Å². The summed E-state index contributed by atoms with van der Waals surface area (Å²) in [5, 5.41) is 6.49. The number of nitrogens with one attached hydrogen (secondary N) is 1. The molecule has 0 atom stereocenters. The number of halogens is 3. The fraction of sp³-hybridized carbons (Fsp3) is 0.217. The largest absolute Gasteiger partial charge is 0.488 e. The molecule has 0 bridgehead atoms. The van der Waals surface area contributed by atoms with Gasteiger partial charge < -0.3 is 14.6 Å². The highest BCUT2D eigenvalue weighted by molar-refractivity contribution is 5.97. The van der Waals surface area contributed by atoms with E-state index in [0.717, 1.165) is 17.7 Å². The van der Waals surface area contributed by atoms with Crippen molar-refractivity contribution in [1.29, 1.82) is 0 Å². The van der Waals surface area contributed by atoms with Gasteiger partial charge in [-0.15, -0.1) is 0 Å². The van der Waals surface area contributed by atoms with Crippen molar-refractivity contribution in [3.05, 3.63) is 82.2 Å². The maximum Gasteiger partial charge on any atom is 0.416 e. The van der Waals surface area contributed by atoms with Gasteiger partial charge in [0.2, 0.25) is 0 Å². The zero-order chi connectivity index (χ0) is 22.4. The van der Waals surface area contributed by atoms with Crippen LogP contribution in [0.15, 0.2) is 53.1 Å². The monoisotopic (exact) mass is 428 g/mol. The van der Waals surface area contributed by atoms with Gasteiger partial charge in [-0.3, -0.25) is 4.79 Å². The number of hydrogen-bond donors (Lipinski definition) is 1. The van der Waals surface area contributed by atoms with Gasteiger partial charge in [-0.1, -0.05) is 35.2 Å². The summed E-state index contributed by atoms with van der Waals surface area (Å²) in [5.74, 6) is 5.89. The van der Waals surface area contributed by atoms with Crippen LogP contribution in [-0.2, 0) is 12.8 Å². The Bertz CT molecular complexity index is 1120. The molecule has 160 valence electrons. The van der Waals surface area contributed by atoms with Crippen molar-refractivity contribution in [2.24, 2.45) is 0 Å². The maximum absolute atomic E-state index is 12.8. The lowest BCUT2D eigenvalue weighted by atomic mass is 10.1. The van der Waals surface area contributed by atoms with E-state index in [1.165, 1.54) is 12.1 Å². The molecule has 0 fully saturated rings. The van der Waals surface area contributed by atoms with Crippen LogP contribution in [0, 0.1) is 25.7 Å². The molecule has 31 heavy (non-hydrogen) atoms. The Morgan fingerprint density at radius 3 is 2.65 bits per heavy atom. The number of carbonyl (C=O) groups excluding carboxylic acids is 1. The summed E-state index contributed by atoms with van der Waals surface area (Å²) in [5.41, 5.74) is 1.28. The highest BCUT2D eigenvalue weighted by Crippen LogP contribution is 2.29. The Morgan fingerprint density at radius 2 is 1.94 bits per heavy atom. The van der Waals surface area contributed by atoms with E-state index < -0.39 is 17.6 Å². The van der Waals surface area contributed by atoms with Crippen LogP contribution in [0.5, 0.6) is 5.75 Å². The average molecular weight is 428 g/mol. The van der Waals surface area contributed by atoms with Crippen LogP contribution < -0.4 is 10.1 Å². The van der Waals surface area contributed by atoms with Crippen LogP contribution >= 0.6 is 0 Å². The Morgan fingerprint density at radius 1 is 1.16 bits per heavy atom. The molecule has 5 nitrogen and oxygen atoms in total. The second kappa shape index (κ2) is 9.39. The topological polar surface area (TPSA) is 64.4 Å². The van der Waals surface area contributed by atoms with Crippen LogP contribution in [0.3, 0.4) is 0 Å². The van der Waals surface area contributed by atoms with Gasteiger partial charge in [0.05, 0.1) is 28.9 Å². The number of aromatic nitrogens is 1. The van der Waals surface area contributed by atoms with Crippen LogP contribution in [-0.4, -0.2) is 17.6 Å². The Balaban J connectivity index is 1.63. The third-order valence-corrected chi connectivity index (χ3v) is 4.44. The number of amides is 1. The van der Waals surface area contributed by atoms with E-state index in [-0.39, 0.29) is 18.7 Å². The molecule has 1 N–H and O–H groups in total. The van der Waals surface area contributed by atoms with Crippen LogP contribution in [0.2, 0.25) is 0 Å². The summed E-state index contributed by atoms with van der Waals surface area (Å²) in [6, 6.07) is 11.4. The highest BCUT2D eigenvalue weighted by Gasteiger charge is 2.30. The number of nitrogens with zero attached hydrogens (tertiary/aromatic N) is 1. The third-order valence-electron chi connectivity index (χ3n) is 4.44. The maximum atomic E-state index is 12.8. The number of benzene rings is 2. The summed E-state index contributed by atoms with van der Waals surface area (Å²) in [4.78, 5) is 12.5. The molecule has 1 heterocycles. The predicted octanol–water partition coefficient (Wildman–Crippen LogP) is 4.67. The lowest BCUT2D eigenvalue weighted by molar-refractivity contribution is -0.137. The first-order chi connectivity index (χ1) is 14.8. The standard InChI is InChI=1S/C23H19F3N2O3/c1-15-20(16(2)31-28-15)14-30-21-11-4-3-10-19(21)22(29)27-12-6-8-17-7-5-9-18(13-17)23(24,25)26/h3-5,7,9-11,13H,12,14H2,1-2H3,(H,27,29). The molecule has 3 rings (SSSR count). The molecule has 1 aromatic heterocycles. The van der Waals surface area contributed by atoms with E-state index in [1.54, 1.807) is 38.1 Å². The molecule has 0 saturated carbocycles. The molecular weight excluding hydrogens is 409 g/mol. The number of ether oxygens (including phenoxy) is 1. The number of rotatable bonds is 5. The lowest BCUT2D eigenvalue weighted by Crippen LogP contribution is -2.24. The second-order valence-corrected chi connectivity index (χ2v) is 6.65. The van der Waals surface area contributed by atoms with E-state index in [0.29, 0.717) is 22.8 Å². The van der Waals surface area contributed by atoms with E-state index in [1.807, 2.05) is 0 Å². The van der Waals surface area contributed by atoms with Crippen molar-refractivity contribution < 1.29 is 27.2 Å². The molecule has 0 spiro atoms. The van der Waals surface area contributed by atoms with Gasteiger partial charge in [0.1, 0.15) is 18.1 Å². The minimum atomic E-state index is -4.43. The minimum Gasteiger partial charge on any atom is -0.488 e. The van der Waals surface area contributed by atoms with Gasteiger partial charge in [0, 0.05) is 5.56 Å². The molecule has 2 aromatic carbocycles. The van der Waals surface area contributed by atoms with E-state index >= 15 is 0 Å². The fourth-order valence-electron chi connectivity index (χ4n) is 2.78. The second-order valence-electron chi connectivity index (χ2n) is 6.65. The Labute approximate surface area is 177 Å². The summed E-state index contributed by atoms with van der Waals surface area (Å²) in [6.07, 6.45) is -4.43. The van der Waals surface area contributed by atoms with E-state index in [4.69, 9.17) is 9.26 Å². The summed E-state index contributed by atoms with van der Waals surface area (Å²) in [7, 11) is 0. The molecular formula is C23H19F3N2O3. The number of carbonyl (C=O) groups is 1. The van der Waals surface area contributed by atoms with Gasteiger partial charge in [0.25, 0.3) is 5.91 Å². The minimum absolute atomic E-state index is 0.0344. The first kappa shape index (κ1) is 22.0. The summed E-state index contributed by atoms with van der Waals surface area (Å²) >= 11 is 0. The molecule has 0 aliphatic heterocycles. The van der Waals surface area contributed by atoms with Crippen molar-refractivity contribution in [3.8, 4) is 17.6 Å². The number of para-hydroxylation sites is 1. The number of aryl methyl sites for hydroxylation is 2. The SMILES string of the molecule is Cc1noc(C)c1COc1ccccc1C(=O)NCC#Cc1cccc(C(F)(F)F)c1. The molecule has 1 amide bonds. The molecule has 0 aliphatic rings. The van der Waals surface area contributed by atoms with Gasteiger partial charge >= 0.3 is 6.18 Å². The molecule has 0 aliphatic carbocycles. The first-order valence-electron chi connectivity index (χ1n) is 9.33. The number of hydrogen-bond acceptors (Lipinski definition) is 4. The van der Waals surface area contributed by atoms with Crippen molar-refractivity contribution in [2.75, 3.05) is 6.54 Å². The smallest absolute Gasteiger partial charge is 0.416 e. The van der Waals surface area contributed by atoms with Gasteiger partial charge in [-0.05, 0) is 44.2 Å². The van der Waals surface area contributed by atoms with Gasteiger partial charge in [-0.25, -0.2) is 0 Å². The third kappa shape index (κ3) is 5.66. The average Bonchev–Trinajstić information content (AvgIpc) is 3.06. The molecule has 0 saturated heterocycles. The quantitative estimate of drug-likeness (QED) is 0.600. The molecule has 8 heteroatoms. The molecule has 3 aromatic rings. The van der Waals surface area contributed by atoms with Gasteiger partial charge in [-0.2, -0.15) is 13.2 Å².